The van der Waals surface area contributed by atoms with Crippen LogP contribution in [0, 0.1) is 0 Å². The quantitative estimate of drug-likeness (QED) is 0.764. The van der Waals surface area contributed by atoms with Gasteiger partial charge in [0.2, 0.25) is 0 Å². The van der Waals surface area contributed by atoms with Crippen LogP contribution in [0.2, 0.25) is 0 Å². The van der Waals surface area contributed by atoms with Crippen LogP contribution in [0.1, 0.15) is 19.4 Å². The molecule has 0 atom stereocenters. The molecule has 0 saturated carbocycles. The Balaban J connectivity index is 2.10. The first-order valence-corrected chi connectivity index (χ1v) is 6.77. The highest BCUT2D eigenvalue weighted by molar-refractivity contribution is 6.14. The number of aliphatic imine (C=N–C) groups is 1. The van der Waals surface area contributed by atoms with Gasteiger partial charge in [-0.3, -0.25) is 9.69 Å². The minimum Gasteiger partial charge on any atom is -0.295 e. The number of carbonyl (C=O) groups is 1. The van der Waals surface area contributed by atoms with Crippen LogP contribution >= 0.6 is 0 Å². The van der Waals surface area contributed by atoms with Crippen LogP contribution in [0.4, 0.5) is 0 Å². The third-order valence-corrected chi connectivity index (χ3v) is 3.57. The first-order chi connectivity index (χ1) is 9.70. The van der Waals surface area contributed by atoms with Crippen LogP contribution in [0.5, 0.6) is 0 Å². The number of benzene rings is 2. The molecular formula is C17H16N2O. The van der Waals surface area contributed by atoms with Gasteiger partial charge >= 0.3 is 0 Å². The number of likely N-dealkylation sites (N-methyl/N-ethyl adjacent to an activating group) is 1. The Labute approximate surface area is 118 Å². The predicted octanol–water partition coefficient (Wildman–Crippen LogP) is 3.46. The van der Waals surface area contributed by atoms with Crippen LogP contribution in [-0.4, -0.2) is 23.2 Å². The second-order valence-corrected chi connectivity index (χ2v) is 4.81. The fourth-order valence-electron chi connectivity index (χ4n) is 2.56. The van der Waals surface area contributed by atoms with Crippen molar-refractivity contribution in [1.82, 2.24) is 4.90 Å². The van der Waals surface area contributed by atoms with Crippen molar-refractivity contribution >= 4 is 28.6 Å². The molecule has 0 saturated heterocycles. The molecule has 3 rings (SSSR count). The monoisotopic (exact) mass is 264 g/mol. The maximum Gasteiger partial charge on any atom is 0.277 e. The second-order valence-electron chi connectivity index (χ2n) is 4.81. The molecule has 20 heavy (non-hydrogen) atoms. The fraction of sp³-hybridized carbons (Fsp3) is 0.176. The van der Waals surface area contributed by atoms with Crippen molar-refractivity contribution < 1.29 is 4.79 Å². The fourth-order valence-corrected chi connectivity index (χ4v) is 2.56. The van der Waals surface area contributed by atoms with E-state index in [-0.39, 0.29) is 5.91 Å². The number of rotatable bonds is 2. The number of hydrogen-bond acceptors (Lipinski definition) is 2. The highest BCUT2D eigenvalue weighted by Crippen LogP contribution is 2.23. The lowest BCUT2D eigenvalue weighted by Gasteiger charge is -2.11. The molecule has 1 aliphatic heterocycles. The predicted molar refractivity (Wildman–Crippen MR) is 82.4 cm³/mol. The largest absolute Gasteiger partial charge is 0.295 e. The van der Waals surface area contributed by atoms with Crippen molar-refractivity contribution in [2.24, 2.45) is 4.99 Å². The number of amides is 1. The normalized spacial score (nSPS) is 17.1. The molecule has 0 aromatic heterocycles. The summed E-state index contributed by atoms with van der Waals surface area (Å²) in [7, 11) is 0. The minimum atomic E-state index is -0.0158. The van der Waals surface area contributed by atoms with E-state index in [1.165, 1.54) is 5.39 Å². The molecule has 100 valence electrons. The van der Waals surface area contributed by atoms with Crippen LogP contribution in [-0.2, 0) is 4.79 Å². The van der Waals surface area contributed by atoms with Gasteiger partial charge in [-0.1, -0.05) is 42.5 Å². The standard InChI is InChI=1S/C17H16N2O/c1-3-19-12(2)18-16(17(19)20)11-14-9-6-8-13-7-4-5-10-15(13)14/h4-11H,3H2,1-2H3/b16-11-. The summed E-state index contributed by atoms with van der Waals surface area (Å²) < 4.78 is 0. The van der Waals surface area contributed by atoms with Crippen LogP contribution in [0.15, 0.2) is 53.2 Å². The molecule has 1 heterocycles. The molecule has 1 amide bonds. The third kappa shape index (κ3) is 2.01. The van der Waals surface area contributed by atoms with Crippen molar-refractivity contribution in [1.29, 1.82) is 0 Å². The Kier molecular flexibility index (Phi) is 3.11. The van der Waals surface area contributed by atoms with Crippen molar-refractivity contribution in [3.63, 3.8) is 0 Å². The van der Waals surface area contributed by atoms with E-state index < -0.39 is 0 Å². The lowest BCUT2D eigenvalue weighted by atomic mass is 10.0. The molecule has 1 aliphatic rings. The van der Waals surface area contributed by atoms with E-state index in [1.54, 1.807) is 4.90 Å². The summed E-state index contributed by atoms with van der Waals surface area (Å²) in [5.41, 5.74) is 1.54. The minimum absolute atomic E-state index is 0.0158. The molecule has 0 fully saturated rings. The average Bonchev–Trinajstić information content (AvgIpc) is 2.73. The van der Waals surface area contributed by atoms with E-state index in [1.807, 2.05) is 44.2 Å². The van der Waals surface area contributed by atoms with E-state index in [0.29, 0.717) is 12.2 Å². The Bertz CT molecular complexity index is 738. The Morgan fingerprint density at radius 2 is 1.90 bits per heavy atom. The molecule has 0 spiro atoms. The van der Waals surface area contributed by atoms with E-state index in [0.717, 1.165) is 16.8 Å². The summed E-state index contributed by atoms with van der Waals surface area (Å²) in [5.74, 6) is 0.752. The van der Waals surface area contributed by atoms with Crippen molar-refractivity contribution in [2.75, 3.05) is 6.54 Å². The van der Waals surface area contributed by atoms with Crippen LogP contribution < -0.4 is 0 Å². The van der Waals surface area contributed by atoms with Crippen LogP contribution in [0.25, 0.3) is 16.8 Å². The lowest BCUT2D eigenvalue weighted by Crippen LogP contribution is -2.29. The summed E-state index contributed by atoms with van der Waals surface area (Å²) in [4.78, 5) is 18.3. The topological polar surface area (TPSA) is 32.7 Å². The molecular weight excluding hydrogens is 248 g/mol. The van der Waals surface area contributed by atoms with Gasteiger partial charge in [0.05, 0.1) is 0 Å². The zero-order valence-electron chi connectivity index (χ0n) is 11.6. The molecule has 2 aromatic rings. The van der Waals surface area contributed by atoms with Gasteiger partial charge < -0.3 is 0 Å². The second kappa shape index (κ2) is 4.93. The number of carbonyl (C=O) groups excluding carboxylic acids is 1. The van der Waals surface area contributed by atoms with E-state index in [2.05, 4.69) is 23.2 Å². The number of fused-ring (bicyclic) bond motifs is 1. The zero-order valence-corrected chi connectivity index (χ0v) is 11.6. The highest BCUT2D eigenvalue weighted by atomic mass is 16.2. The molecule has 0 radical (unpaired) electrons. The molecule has 2 aromatic carbocycles. The van der Waals surface area contributed by atoms with Gasteiger partial charge in [0, 0.05) is 6.54 Å². The summed E-state index contributed by atoms with van der Waals surface area (Å²) in [6.45, 7) is 4.48. The number of hydrogen-bond donors (Lipinski definition) is 0. The number of nitrogens with zero attached hydrogens (tertiary/aromatic N) is 2. The maximum atomic E-state index is 12.2. The number of amidine groups is 1. The van der Waals surface area contributed by atoms with Crippen molar-refractivity contribution in [3.05, 3.63) is 53.7 Å². The van der Waals surface area contributed by atoms with E-state index in [4.69, 9.17) is 0 Å². The van der Waals surface area contributed by atoms with Gasteiger partial charge in [-0.15, -0.1) is 0 Å². The van der Waals surface area contributed by atoms with Gasteiger partial charge in [-0.2, -0.15) is 0 Å². The first kappa shape index (κ1) is 12.6. The molecule has 0 bridgehead atoms. The van der Waals surface area contributed by atoms with Gasteiger partial charge in [-0.25, -0.2) is 4.99 Å². The lowest BCUT2D eigenvalue weighted by molar-refractivity contribution is -0.122. The molecule has 3 nitrogen and oxygen atoms in total. The smallest absolute Gasteiger partial charge is 0.277 e. The van der Waals surface area contributed by atoms with Gasteiger partial charge in [0.15, 0.2) is 0 Å². The van der Waals surface area contributed by atoms with Gasteiger partial charge in [-0.05, 0) is 36.3 Å². The zero-order chi connectivity index (χ0) is 14.1. The highest BCUT2D eigenvalue weighted by Gasteiger charge is 2.25. The summed E-state index contributed by atoms with van der Waals surface area (Å²) in [5, 5.41) is 2.30. The molecule has 0 N–H and O–H groups in total. The summed E-state index contributed by atoms with van der Waals surface area (Å²) >= 11 is 0. The van der Waals surface area contributed by atoms with Gasteiger partial charge in [0.25, 0.3) is 5.91 Å². The summed E-state index contributed by atoms with van der Waals surface area (Å²) in [6, 6.07) is 14.2. The van der Waals surface area contributed by atoms with Gasteiger partial charge in [0.1, 0.15) is 11.5 Å². The van der Waals surface area contributed by atoms with E-state index >= 15 is 0 Å². The molecule has 0 unspecified atom stereocenters. The van der Waals surface area contributed by atoms with Crippen molar-refractivity contribution in [2.45, 2.75) is 13.8 Å². The Morgan fingerprint density at radius 3 is 2.65 bits per heavy atom. The Morgan fingerprint density at radius 1 is 1.15 bits per heavy atom. The SMILES string of the molecule is CCN1C(=O)/C(=C/c2cccc3ccccc23)N=C1C. The maximum absolute atomic E-state index is 12.2. The molecule has 3 heteroatoms. The molecule has 0 aliphatic carbocycles. The average molecular weight is 264 g/mol. The summed E-state index contributed by atoms with van der Waals surface area (Å²) in [6.07, 6.45) is 1.88. The first-order valence-electron chi connectivity index (χ1n) is 6.77. The third-order valence-electron chi connectivity index (χ3n) is 3.57. The van der Waals surface area contributed by atoms with Crippen LogP contribution in [0.3, 0.4) is 0 Å². The van der Waals surface area contributed by atoms with Crippen molar-refractivity contribution in [3.8, 4) is 0 Å². The Hall–Kier alpha value is -2.42. The van der Waals surface area contributed by atoms with E-state index in [9.17, 15) is 4.79 Å².